The van der Waals surface area contributed by atoms with Crippen LogP contribution < -0.4 is 16.4 Å². The normalized spacial score (nSPS) is 12.4. The molecule has 0 aliphatic carbocycles. The number of carbonyl (C=O) groups is 3. The third-order valence-corrected chi connectivity index (χ3v) is 4.09. The van der Waals surface area contributed by atoms with Crippen LogP contribution in [0.5, 0.6) is 0 Å². The first-order valence-corrected chi connectivity index (χ1v) is 8.24. The van der Waals surface area contributed by atoms with Gasteiger partial charge in [0.25, 0.3) is 5.91 Å². The Morgan fingerprint density at radius 1 is 1.42 bits per heavy atom. The first-order valence-electron chi connectivity index (χ1n) is 7.42. The highest BCUT2D eigenvalue weighted by Gasteiger charge is 2.29. The minimum Gasteiger partial charge on any atom is -0.368 e. The number of nitrogens with zero attached hydrogens (tertiary/aromatic N) is 2. The molecule has 4 N–H and O–H groups in total. The van der Waals surface area contributed by atoms with Crippen LogP contribution in [0.25, 0.3) is 0 Å². The van der Waals surface area contributed by atoms with E-state index < -0.39 is 17.9 Å². The van der Waals surface area contributed by atoms with Gasteiger partial charge in [-0.1, -0.05) is 31.3 Å². The molecule has 1 unspecified atom stereocenters. The lowest BCUT2D eigenvalue weighted by Gasteiger charge is -2.27. The molecule has 3 amide bonds. The van der Waals surface area contributed by atoms with Crippen LogP contribution in [0.4, 0.5) is 5.00 Å². The Kier molecular flexibility index (Phi) is 7.53. The Morgan fingerprint density at radius 2 is 2.08 bits per heavy atom. The van der Waals surface area contributed by atoms with Gasteiger partial charge in [-0.3, -0.25) is 14.4 Å². The molecule has 1 atom stereocenters. The fraction of sp³-hybridized carbons (Fsp3) is 0.467. The quantitative estimate of drug-likeness (QED) is 0.586. The summed E-state index contributed by atoms with van der Waals surface area (Å²) in [5.41, 5.74) is 5.36. The van der Waals surface area contributed by atoms with E-state index in [9.17, 15) is 14.4 Å². The van der Waals surface area contributed by atoms with Crippen LogP contribution in [0.15, 0.2) is 18.3 Å². The van der Waals surface area contributed by atoms with Crippen LogP contribution >= 0.6 is 11.3 Å². The van der Waals surface area contributed by atoms with Gasteiger partial charge in [-0.05, 0) is 13.0 Å². The molecule has 0 fully saturated rings. The average Bonchev–Trinajstić information content (AvgIpc) is 2.94. The lowest BCUT2D eigenvalue weighted by atomic mass is 10.0. The summed E-state index contributed by atoms with van der Waals surface area (Å²) in [5, 5.41) is 6.14. The summed E-state index contributed by atoms with van der Waals surface area (Å²) in [6.45, 7) is 4.20. The third-order valence-electron chi connectivity index (χ3n) is 3.19. The summed E-state index contributed by atoms with van der Waals surface area (Å²) in [5.74, 6) is -1.41. The SMILES string of the molecule is CNC/C=C/C(=O)Nc1cnc(C(=O)N(C)C(C(N)=O)C(C)C)s1. The summed E-state index contributed by atoms with van der Waals surface area (Å²) < 4.78 is 0. The number of primary amides is 1. The summed E-state index contributed by atoms with van der Waals surface area (Å²) >= 11 is 1.04. The number of anilines is 1. The van der Waals surface area contributed by atoms with E-state index in [0.29, 0.717) is 11.5 Å². The maximum Gasteiger partial charge on any atom is 0.283 e. The van der Waals surface area contributed by atoms with Gasteiger partial charge in [0.2, 0.25) is 11.8 Å². The van der Waals surface area contributed by atoms with E-state index in [1.807, 2.05) is 13.8 Å². The van der Waals surface area contributed by atoms with Gasteiger partial charge in [0.1, 0.15) is 11.0 Å². The molecule has 0 aliphatic rings. The van der Waals surface area contributed by atoms with Gasteiger partial charge >= 0.3 is 0 Å². The number of aromatic nitrogens is 1. The van der Waals surface area contributed by atoms with E-state index >= 15 is 0 Å². The van der Waals surface area contributed by atoms with Crippen LogP contribution in [-0.2, 0) is 9.59 Å². The monoisotopic (exact) mass is 353 g/mol. The number of thiazole rings is 1. The molecule has 1 heterocycles. The number of nitrogens with two attached hydrogens (primary N) is 1. The highest BCUT2D eigenvalue weighted by Crippen LogP contribution is 2.21. The van der Waals surface area contributed by atoms with E-state index in [0.717, 1.165) is 11.3 Å². The molecule has 0 bridgehead atoms. The number of rotatable bonds is 8. The Hall–Kier alpha value is -2.26. The van der Waals surface area contributed by atoms with Gasteiger partial charge in [0.15, 0.2) is 5.01 Å². The number of carbonyl (C=O) groups excluding carboxylic acids is 3. The largest absolute Gasteiger partial charge is 0.368 e. The summed E-state index contributed by atoms with van der Waals surface area (Å²) in [6, 6.07) is -0.719. The zero-order chi connectivity index (χ0) is 18.3. The first-order chi connectivity index (χ1) is 11.3. The molecule has 24 heavy (non-hydrogen) atoms. The summed E-state index contributed by atoms with van der Waals surface area (Å²) in [4.78, 5) is 40.9. The number of likely N-dealkylation sites (N-methyl/N-ethyl adjacent to an activating group) is 2. The molecule has 1 rings (SSSR count). The van der Waals surface area contributed by atoms with Crippen LogP contribution in [0.2, 0.25) is 0 Å². The number of nitrogens with one attached hydrogen (secondary N) is 2. The van der Waals surface area contributed by atoms with Crippen molar-refractivity contribution < 1.29 is 14.4 Å². The van der Waals surface area contributed by atoms with Crippen molar-refractivity contribution in [1.29, 1.82) is 0 Å². The number of amides is 3. The maximum atomic E-state index is 12.4. The molecule has 132 valence electrons. The van der Waals surface area contributed by atoms with Crippen molar-refractivity contribution in [2.45, 2.75) is 19.9 Å². The molecular weight excluding hydrogens is 330 g/mol. The molecule has 9 heteroatoms. The second-order valence-corrected chi connectivity index (χ2v) is 6.52. The highest BCUT2D eigenvalue weighted by molar-refractivity contribution is 7.17. The number of hydrogen-bond donors (Lipinski definition) is 3. The van der Waals surface area contributed by atoms with E-state index in [4.69, 9.17) is 5.73 Å². The maximum absolute atomic E-state index is 12.4. The third kappa shape index (κ3) is 5.43. The molecule has 0 saturated carbocycles. The molecule has 0 spiro atoms. The number of hydrogen-bond acceptors (Lipinski definition) is 6. The van der Waals surface area contributed by atoms with E-state index in [2.05, 4.69) is 15.6 Å². The van der Waals surface area contributed by atoms with Crippen molar-refractivity contribution in [2.75, 3.05) is 26.0 Å². The minimum atomic E-state index is -0.719. The van der Waals surface area contributed by atoms with Gasteiger partial charge in [0.05, 0.1) is 6.20 Å². The van der Waals surface area contributed by atoms with Crippen molar-refractivity contribution in [1.82, 2.24) is 15.2 Å². The summed E-state index contributed by atoms with van der Waals surface area (Å²) in [6.07, 6.45) is 4.48. The Labute approximate surface area is 145 Å². The van der Waals surface area contributed by atoms with Gasteiger partial charge in [-0.2, -0.15) is 0 Å². The van der Waals surface area contributed by atoms with Crippen molar-refractivity contribution >= 4 is 34.1 Å². The topological polar surface area (TPSA) is 117 Å². The Bertz CT molecular complexity index is 626. The van der Waals surface area contributed by atoms with E-state index in [-0.39, 0.29) is 16.8 Å². The lowest BCUT2D eigenvalue weighted by Crippen LogP contribution is -2.48. The molecule has 0 saturated heterocycles. The molecule has 0 aliphatic heterocycles. The summed E-state index contributed by atoms with van der Waals surface area (Å²) in [7, 11) is 3.29. The standard InChI is InChI=1S/C15H23N5O3S/c1-9(2)12(13(16)22)20(4)15(23)14-18-8-11(24-14)19-10(21)6-5-7-17-3/h5-6,8-9,12,17H,7H2,1-4H3,(H2,16,22)(H,19,21)/b6-5+. The van der Waals surface area contributed by atoms with Crippen LogP contribution in [-0.4, -0.2) is 54.3 Å². The van der Waals surface area contributed by atoms with Crippen molar-refractivity contribution in [3.05, 3.63) is 23.4 Å². The zero-order valence-corrected chi connectivity index (χ0v) is 15.0. The smallest absolute Gasteiger partial charge is 0.283 e. The van der Waals surface area contributed by atoms with Crippen LogP contribution in [0.3, 0.4) is 0 Å². The second kappa shape index (κ2) is 9.14. The predicted molar refractivity (Wildman–Crippen MR) is 93.7 cm³/mol. The van der Waals surface area contributed by atoms with E-state index in [1.54, 1.807) is 13.1 Å². The van der Waals surface area contributed by atoms with Crippen LogP contribution in [0, 0.1) is 5.92 Å². The van der Waals surface area contributed by atoms with Gasteiger partial charge < -0.3 is 21.3 Å². The van der Waals surface area contributed by atoms with Gasteiger partial charge in [0, 0.05) is 19.7 Å². The fourth-order valence-electron chi connectivity index (χ4n) is 2.12. The fourth-order valence-corrected chi connectivity index (χ4v) is 2.92. The Balaban J connectivity index is 2.79. The second-order valence-electron chi connectivity index (χ2n) is 5.49. The van der Waals surface area contributed by atoms with Crippen molar-refractivity contribution in [2.24, 2.45) is 11.7 Å². The molecule has 1 aromatic heterocycles. The van der Waals surface area contributed by atoms with Gasteiger partial charge in [-0.15, -0.1) is 0 Å². The molecule has 0 aromatic carbocycles. The van der Waals surface area contributed by atoms with Gasteiger partial charge in [-0.25, -0.2) is 4.98 Å². The first kappa shape index (κ1) is 19.8. The predicted octanol–water partition coefficient (Wildman–Crippen LogP) is 0.439. The lowest BCUT2D eigenvalue weighted by molar-refractivity contribution is -0.123. The molecule has 0 radical (unpaired) electrons. The molecule has 8 nitrogen and oxygen atoms in total. The van der Waals surface area contributed by atoms with Crippen molar-refractivity contribution in [3.8, 4) is 0 Å². The van der Waals surface area contributed by atoms with Crippen LogP contribution in [0.1, 0.15) is 23.6 Å². The van der Waals surface area contributed by atoms with Crippen molar-refractivity contribution in [3.63, 3.8) is 0 Å². The average molecular weight is 353 g/mol. The Morgan fingerprint density at radius 3 is 2.62 bits per heavy atom. The minimum absolute atomic E-state index is 0.118. The highest BCUT2D eigenvalue weighted by atomic mass is 32.1. The van der Waals surface area contributed by atoms with E-state index in [1.165, 1.54) is 24.2 Å². The zero-order valence-electron chi connectivity index (χ0n) is 14.2. The molecule has 1 aromatic rings. The molecular formula is C15H23N5O3S.